The van der Waals surface area contributed by atoms with E-state index in [0.717, 1.165) is 63.7 Å². The van der Waals surface area contributed by atoms with Crippen LogP contribution in [0.15, 0.2) is 54.6 Å². The molecule has 1 aliphatic heterocycles. The lowest BCUT2D eigenvalue weighted by molar-refractivity contribution is 0.126. The van der Waals surface area contributed by atoms with Crippen molar-refractivity contribution in [3.05, 3.63) is 60.2 Å². The van der Waals surface area contributed by atoms with Crippen LogP contribution in [0.25, 0.3) is 0 Å². The summed E-state index contributed by atoms with van der Waals surface area (Å²) in [6.07, 6.45) is 1.10. The topological polar surface area (TPSA) is 51.0 Å². The summed E-state index contributed by atoms with van der Waals surface area (Å²) in [6, 6.07) is 18.2. The van der Waals surface area contributed by atoms with Crippen molar-refractivity contribution in [2.45, 2.75) is 13.0 Å². The standard InChI is InChI=1S/C22H31N3O2/c23-11-4-12-24-13-15-25(16-14-24)19-20-7-9-22(10-8-20)27-18-17-26-21-5-2-1-3-6-21/h1-3,5-10H,4,11-19,23H2. The Bertz CT molecular complexity index is 640. The molecule has 1 fully saturated rings. The van der Waals surface area contributed by atoms with Crippen LogP contribution in [0.3, 0.4) is 0 Å². The number of piperazine rings is 1. The molecule has 0 atom stereocenters. The van der Waals surface area contributed by atoms with E-state index in [9.17, 15) is 0 Å². The van der Waals surface area contributed by atoms with Gasteiger partial charge in [0.1, 0.15) is 24.7 Å². The Morgan fingerprint density at radius 1 is 0.741 bits per heavy atom. The molecule has 5 nitrogen and oxygen atoms in total. The second kappa shape index (κ2) is 10.9. The smallest absolute Gasteiger partial charge is 0.122 e. The van der Waals surface area contributed by atoms with Crippen molar-refractivity contribution in [1.82, 2.24) is 9.80 Å². The van der Waals surface area contributed by atoms with E-state index >= 15 is 0 Å². The van der Waals surface area contributed by atoms with Gasteiger partial charge in [0.15, 0.2) is 0 Å². The normalized spacial score (nSPS) is 15.6. The fourth-order valence-corrected chi connectivity index (χ4v) is 3.27. The van der Waals surface area contributed by atoms with Crippen LogP contribution < -0.4 is 15.2 Å². The van der Waals surface area contributed by atoms with E-state index in [4.69, 9.17) is 15.2 Å². The summed E-state index contributed by atoms with van der Waals surface area (Å²) in [6.45, 7) is 8.53. The highest BCUT2D eigenvalue weighted by Gasteiger charge is 2.16. The summed E-state index contributed by atoms with van der Waals surface area (Å²) in [4.78, 5) is 5.03. The molecule has 0 radical (unpaired) electrons. The van der Waals surface area contributed by atoms with Crippen LogP contribution in [0.1, 0.15) is 12.0 Å². The van der Waals surface area contributed by atoms with Gasteiger partial charge in [-0.2, -0.15) is 0 Å². The summed E-state index contributed by atoms with van der Waals surface area (Å²) in [5.41, 5.74) is 6.93. The highest BCUT2D eigenvalue weighted by molar-refractivity contribution is 5.27. The fourth-order valence-electron chi connectivity index (χ4n) is 3.27. The molecule has 1 heterocycles. The van der Waals surface area contributed by atoms with Crippen LogP contribution in [0.4, 0.5) is 0 Å². The molecule has 2 aromatic carbocycles. The fraction of sp³-hybridized carbons (Fsp3) is 0.455. The SMILES string of the molecule is NCCCN1CCN(Cc2ccc(OCCOc3ccccc3)cc2)CC1. The van der Waals surface area contributed by atoms with Crippen molar-refractivity contribution < 1.29 is 9.47 Å². The van der Waals surface area contributed by atoms with E-state index in [-0.39, 0.29) is 0 Å². The molecule has 146 valence electrons. The van der Waals surface area contributed by atoms with Gasteiger partial charge in [0.2, 0.25) is 0 Å². The first-order valence-electron chi connectivity index (χ1n) is 9.88. The van der Waals surface area contributed by atoms with Crippen molar-refractivity contribution in [2.75, 3.05) is 52.5 Å². The summed E-state index contributed by atoms with van der Waals surface area (Å²) >= 11 is 0. The second-order valence-electron chi connectivity index (χ2n) is 6.91. The lowest BCUT2D eigenvalue weighted by Gasteiger charge is -2.34. The van der Waals surface area contributed by atoms with Crippen LogP contribution >= 0.6 is 0 Å². The maximum absolute atomic E-state index is 5.77. The van der Waals surface area contributed by atoms with E-state index in [1.54, 1.807) is 0 Å². The van der Waals surface area contributed by atoms with E-state index in [1.807, 2.05) is 30.3 Å². The minimum Gasteiger partial charge on any atom is -0.490 e. The summed E-state index contributed by atoms with van der Waals surface area (Å²) in [5.74, 6) is 1.77. The van der Waals surface area contributed by atoms with Crippen molar-refractivity contribution in [3.8, 4) is 11.5 Å². The average molecular weight is 370 g/mol. The molecule has 2 aromatic rings. The maximum atomic E-state index is 5.77. The maximum Gasteiger partial charge on any atom is 0.122 e. The predicted molar refractivity (Wildman–Crippen MR) is 109 cm³/mol. The van der Waals surface area contributed by atoms with E-state index in [2.05, 4.69) is 34.1 Å². The monoisotopic (exact) mass is 369 g/mol. The van der Waals surface area contributed by atoms with Gasteiger partial charge in [-0.3, -0.25) is 4.90 Å². The molecule has 0 unspecified atom stereocenters. The zero-order chi connectivity index (χ0) is 18.7. The Labute approximate surface area is 162 Å². The molecule has 1 saturated heterocycles. The number of nitrogens with zero attached hydrogens (tertiary/aromatic N) is 2. The third kappa shape index (κ3) is 6.86. The Hall–Kier alpha value is -2.08. The average Bonchev–Trinajstić information content (AvgIpc) is 2.73. The van der Waals surface area contributed by atoms with Gasteiger partial charge in [0, 0.05) is 32.7 Å². The zero-order valence-electron chi connectivity index (χ0n) is 16.1. The first-order valence-corrected chi connectivity index (χ1v) is 9.88. The lowest BCUT2D eigenvalue weighted by Crippen LogP contribution is -2.46. The van der Waals surface area contributed by atoms with E-state index < -0.39 is 0 Å². The molecule has 1 aliphatic rings. The third-order valence-corrected chi connectivity index (χ3v) is 4.84. The molecule has 2 N–H and O–H groups in total. The van der Waals surface area contributed by atoms with Crippen molar-refractivity contribution >= 4 is 0 Å². The summed E-state index contributed by atoms with van der Waals surface area (Å²) < 4.78 is 11.4. The highest BCUT2D eigenvalue weighted by Crippen LogP contribution is 2.15. The molecule has 27 heavy (non-hydrogen) atoms. The van der Waals surface area contributed by atoms with Gasteiger partial charge < -0.3 is 20.1 Å². The van der Waals surface area contributed by atoms with Crippen LogP contribution in [-0.2, 0) is 6.54 Å². The third-order valence-electron chi connectivity index (χ3n) is 4.84. The van der Waals surface area contributed by atoms with Gasteiger partial charge >= 0.3 is 0 Å². The molecule has 5 heteroatoms. The minimum atomic E-state index is 0.541. The Kier molecular flexibility index (Phi) is 7.96. The highest BCUT2D eigenvalue weighted by atomic mass is 16.5. The van der Waals surface area contributed by atoms with E-state index in [1.165, 1.54) is 5.56 Å². The zero-order valence-corrected chi connectivity index (χ0v) is 16.1. The van der Waals surface area contributed by atoms with Crippen LogP contribution in [-0.4, -0.2) is 62.3 Å². The summed E-state index contributed by atoms with van der Waals surface area (Å²) in [5, 5.41) is 0. The van der Waals surface area contributed by atoms with Gasteiger partial charge in [0.05, 0.1) is 0 Å². The quantitative estimate of drug-likeness (QED) is 0.653. The molecule has 0 aliphatic carbocycles. The number of hydrogen-bond acceptors (Lipinski definition) is 5. The van der Waals surface area contributed by atoms with Crippen molar-refractivity contribution in [2.24, 2.45) is 5.73 Å². The van der Waals surface area contributed by atoms with E-state index in [0.29, 0.717) is 13.2 Å². The molecule has 3 rings (SSSR count). The number of nitrogens with two attached hydrogens (primary N) is 1. The van der Waals surface area contributed by atoms with Gasteiger partial charge in [-0.1, -0.05) is 30.3 Å². The second-order valence-corrected chi connectivity index (χ2v) is 6.91. The Morgan fingerprint density at radius 3 is 1.96 bits per heavy atom. The summed E-state index contributed by atoms with van der Waals surface area (Å²) in [7, 11) is 0. The first kappa shape index (κ1) is 19.7. The number of rotatable bonds is 10. The molecule has 0 saturated carbocycles. The Balaban J connectivity index is 1.34. The molecular weight excluding hydrogens is 338 g/mol. The van der Waals surface area contributed by atoms with Crippen LogP contribution in [0.5, 0.6) is 11.5 Å². The first-order chi connectivity index (χ1) is 13.3. The van der Waals surface area contributed by atoms with Gasteiger partial charge in [-0.15, -0.1) is 0 Å². The number of hydrogen-bond donors (Lipinski definition) is 1. The van der Waals surface area contributed by atoms with Crippen LogP contribution in [0.2, 0.25) is 0 Å². The van der Waals surface area contributed by atoms with Gasteiger partial charge in [-0.25, -0.2) is 0 Å². The lowest BCUT2D eigenvalue weighted by atomic mass is 10.2. The van der Waals surface area contributed by atoms with Gasteiger partial charge in [-0.05, 0) is 49.3 Å². The molecule has 0 bridgehead atoms. The Morgan fingerprint density at radius 2 is 1.33 bits per heavy atom. The largest absolute Gasteiger partial charge is 0.490 e. The van der Waals surface area contributed by atoms with Gasteiger partial charge in [0.25, 0.3) is 0 Å². The number of para-hydroxylation sites is 1. The number of ether oxygens (including phenoxy) is 2. The van der Waals surface area contributed by atoms with Crippen molar-refractivity contribution in [3.63, 3.8) is 0 Å². The van der Waals surface area contributed by atoms with Crippen molar-refractivity contribution in [1.29, 1.82) is 0 Å². The molecule has 0 spiro atoms. The molecule has 0 aromatic heterocycles. The number of benzene rings is 2. The predicted octanol–water partition coefficient (Wildman–Crippen LogP) is 2.61. The minimum absolute atomic E-state index is 0.541. The van der Waals surface area contributed by atoms with Crippen LogP contribution in [0, 0.1) is 0 Å². The molecular formula is C22H31N3O2. The molecule has 0 amide bonds.